The predicted octanol–water partition coefficient (Wildman–Crippen LogP) is 2.42. The molecular weight excluding hydrogens is 374 g/mol. The molecule has 3 N–H and O–H groups in total. The maximum Gasteiger partial charge on any atom is 0.253 e. The molecule has 28 heavy (non-hydrogen) atoms. The molecule has 0 saturated carbocycles. The highest BCUT2D eigenvalue weighted by Crippen LogP contribution is 2.29. The Morgan fingerprint density at radius 2 is 1.86 bits per heavy atom. The molecule has 0 spiro atoms. The summed E-state index contributed by atoms with van der Waals surface area (Å²) in [6.45, 7) is 5.05. The Balaban J connectivity index is 2.07. The van der Waals surface area contributed by atoms with E-state index in [1.54, 1.807) is 11.9 Å². The first-order valence-electron chi connectivity index (χ1n) is 9.26. The number of amides is 2. The maximum absolute atomic E-state index is 13.0. The van der Waals surface area contributed by atoms with Crippen molar-refractivity contribution in [1.82, 2.24) is 20.2 Å². The van der Waals surface area contributed by atoms with Crippen molar-refractivity contribution in [3.05, 3.63) is 34.9 Å². The molecule has 148 valence electrons. The van der Waals surface area contributed by atoms with Crippen LogP contribution in [0.25, 0.3) is 11.3 Å². The Labute approximate surface area is 169 Å². The number of hydrogen-bond acceptors (Lipinski definition) is 6. The van der Waals surface area contributed by atoms with E-state index in [4.69, 9.17) is 5.73 Å². The number of carbonyl (C=O) groups excluding carboxylic acids is 2. The number of nitrogens with two attached hydrogens (primary N) is 1. The first kappa shape index (κ1) is 20.1. The highest BCUT2D eigenvalue weighted by atomic mass is 32.2. The second-order valence-corrected chi connectivity index (χ2v) is 8.08. The van der Waals surface area contributed by atoms with Gasteiger partial charge in [0.1, 0.15) is 5.03 Å². The zero-order valence-electron chi connectivity index (χ0n) is 16.4. The predicted molar refractivity (Wildman–Crippen MR) is 111 cm³/mol. The fraction of sp³-hybridized carbons (Fsp3) is 0.400. The first-order chi connectivity index (χ1) is 13.3. The number of fused-ring (bicyclic) bond motifs is 5. The van der Waals surface area contributed by atoms with E-state index in [9.17, 15) is 9.59 Å². The molecule has 1 aromatic heterocycles. The number of aryl methyl sites for hydroxylation is 2. The molecule has 0 saturated heterocycles. The molecule has 7 nitrogen and oxygen atoms in total. The second-order valence-electron chi connectivity index (χ2n) is 6.96. The highest BCUT2D eigenvalue weighted by Gasteiger charge is 2.18. The van der Waals surface area contributed by atoms with E-state index in [2.05, 4.69) is 15.3 Å². The lowest BCUT2D eigenvalue weighted by molar-refractivity contribution is -0.120. The maximum atomic E-state index is 13.0. The summed E-state index contributed by atoms with van der Waals surface area (Å²) in [6.07, 6.45) is 1.10. The van der Waals surface area contributed by atoms with Crippen LogP contribution in [0, 0.1) is 13.8 Å². The largest absolute Gasteiger partial charge is 0.368 e. The van der Waals surface area contributed by atoms with Crippen LogP contribution in [0.15, 0.2) is 23.2 Å². The van der Waals surface area contributed by atoms with Gasteiger partial charge in [-0.2, -0.15) is 0 Å². The number of rotatable bonds is 0. The summed E-state index contributed by atoms with van der Waals surface area (Å²) >= 11 is 1.47. The lowest BCUT2D eigenvalue weighted by atomic mass is 9.97. The van der Waals surface area contributed by atoms with Crippen LogP contribution in [-0.4, -0.2) is 52.6 Å². The summed E-state index contributed by atoms with van der Waals surface area (Å²) in [4.78, 5) is 35.3. The van der Waals surface area contributed by atoms with Gasteiger partial charge in [-0.05, 0) is 43.5 Å². The number of aromatic nitrogens is 2. The molecule has 1 aliphatic rings. The van der Waals surface area contributed by atoms with Crippen LogP contribution in [0.3, 0.4) is 0 Å². The van der Waals surface area contributed by atoms with Crippen LogP contribution in [0.5, 0.6) is 0 Å². The van der Waals surface area contributed by atoms with E-state index in [0.717, 1.165) is 16.7 Å². The molecule has 8 heteroatoms. The van der Waals surface area contributed by atoms with Crippen molar-refractivity contribution >= 4 is 29.5 Å². The molecular formula is C20H25N5O2S. The Morgan fingerprint density at radius 3 is 2.64 bits per heavy atom. The summed E-state index contributed by atoms with van der Waals surface area (Å²) in [5, 5.41) is 3.61. The highest BCUT2D eigenvalue weighted by molar-refractivity contribution is 7.99. The van der Waals surface area contributed by atoms with E-state index in [0.29, 0.717) is 48.0 Å². The van der Waals surface area contributed by atoms with Gasteiger partial charge in [0.25, 0.3) is 5.91 Å². The molecule has 1 aliphatic heterocycles. The van der Waals surface area contributed by atoms with E-state index in [-0.39, 0.29) is 17.8 Å². The summed E-state index contributed by atoms with van der Waals surface area (Å²) in [5.41, 5.74) is 10.1. The number of nitrogens with one attached hydrogen (secondary N) is 1. The quantitative estimate of drug-likeness (QED) is 0.660. The second kappa shape index (κ2) is 8.60. The Bertz CT molecular complexity index is 916. The molecule has 0 unspecified atom stereocenters. The zero-order valence-corrected chi connectivity index (χ0v) is 17.2. The lowest BCUT2D eigenvalue weighted by Gasteiger charge is -2.20. The van der Waals surface area contributed by atoms with Gasteiger partial charge in [-0.15, -0.1) is 11.8 Å². The van der Waals surface area contributed by atoms with Crippen molar-refractivity contribution in [2.45, 2.75) is 31.7 Å². The zero-order chi connectivity index (χ0) is 20.3. The summed E-state index contributed by atoms with van der Waals surface area (Å²) < 4.78 is 0. The van der Waals surface area contributed by atoms with Crippen molar-refractivity contribution in [2.75, 3.05) is 31.6 Å². The average molecular weight is 400 g/mol. The van der Waals surface area contributed by atoms with Crippen molar-refractivity contribution in [2.24, 2.45) is 0 Å². The fourth-order valence-corrected chi connectivity index (χ4v) is 4.05. The molecule has 3 rings (SSSR count). The Morgan fingerprint density at radius 1 is 1.11 bits per heavy atom. The number of benzene rings is 1. The number of thioether (sulfide) groups is 1. The van der Waals surface area contributed by atoms with Crippen LogP contribution in [0.1, 0.15) is 34.3 Å². The van der Waals surface area contributed by atoms with Gasteiger partial charge in [0.2, 0.25) is 11.9 Å². The standard InChI is InChI=1S/C20H25N5O2S/c1-12-9-13(2)15-10-14(12)16-11-18(24-20(21)23-16)28-8-5-17(26)22-6-4-7-25(3)19(15)27/h9-11H,4-8H2,1-3H3,(H,22,26)(H2,21,23,24). The fourth-order valence-electron chi connectivity index (χ4n) is 3.20. The van der Waals surface area contributed by atoms with E-state index < -0.39 is 0 Å². The minimum atomic E-state index is -0.0474. The van der Waals surface area contributed by atoms with Gasteiger partial charge in [0.05, 0.1) is 5.69 Å². The van der Waals surface area contributed by atoms with Gasteiger partial charge < -0.3 is 16.0 Å². The van der Waals surface area contributed by atoms with Crippen LogP contribution < -0.4 is 11.1 Å². The number of nitrogens with zero attached hydrogens (tertiary/aromatic N) is 3. The molecule has 1 aromatic carbocycles. The minimum absolute atomic E-state index is 0.00673. The summed E-state index contributed by atoms with van der Waals surface area (Å²) in [5.74, 6) is 0.732. The third-order valence-electron chi connectivity index (χ3n) is 4.72. The SMILES string of the molecule is Cc1cc(C)c2cc1C(=O)N(C)CCCNC(=O)CCSc1cc-2nc(N)n1. The van der Waals surface area contributed by atoms with E-state index >= 15 is 0 Å². The molecule has 2 aromatic rings. The molecule has 0 atom stereocenters. The molecule has 2 amide bonds. The van der Waals surface area contributed by atoms with Crippen molar-refractivity contribution < 1.29 is 9.59 Å². The normalized spacial score (nSPS) is 16.0. The minimum Gasteiger partial charge on any atom is -0.368 e. The van der Waals surface area contributed by atoms with E-state index in [1.807, 2.05) is 32.0 Å². The third kappa shape index (κ3) is 4.62. The number of nitrogen functional groups attached to an aromatic ring is 1. The molecule has 2 heterocycles. The van der Waals surface area contributed by atoms with Crippen molar-refractivity contribution in [1.29, 1.82) is 0 Å². The lowest BCUT2D eigenvalue weighted by Crippen LogP contribution is -2.32. The molecule has 0 aliphatic carbocycles. The van der Waals surface area contributed by atoms with Gasteiger partial charge in [0.15, 0.2) is 0 Å². The number of hydrogen-bond donors (Lipinski definition) is 2. The Kier molecular flexibility index (Phi) is 6.18. The Hall–Kier alpha value is -2.61. The van der Waals surface area contributed by atoms with Gasteiger partial charge >= 0.3 is 0 Å². The monoisotopic (exact) mass is 399 g/mol. The molecule has 4 bridgehead atoms. The third-order valence-corrected chi connectivity index (χ3v) is 5.63. The molecule has 0 fully saturated rings. The van der Waals surface area contributed by atoms with Gasteiger partial charge in [-0.1, -0.05) is 6.07 Å². The summed E-state index contributed by atoms with van der Waals surface area (Å²) in [6, 6.07) is 5.76. The van der Waals surface area contributed by atoms with Crippen LogP contribution in [-0.2, 0) is 4.79 Å². The van der Waals surface area contributed by atoms with Gasteiger partial charge in [-0.3, -0.25) is 9.59 Å². The van der Waals surface area contributed by atoms with Gasteiger partial charge in [-0.25, -0.2) is 9.97 Å². The van der Waals surface area contributed by atoms with Crippen LogP contribution >= 0.6 is 11.8 Å². The molecule has 0 radical (unpaired) electrons. The smallest absolute Gasteiger partial charge is 0.253 e. The first-order valence-corrected chi connectivity index (χ1v) is 10.2. The van der Waals surface area contributed by atoms with E-state index in [1.165, 1.54) is 11.8 Å². The van der Waals surface area contributed by atoms with Crippen molar-refractivity contribution in [3.63, 3.8) is 0 Å². The summed E-state index contributed by atoms with van der Waals surface area (Å²) in [7, 11) is 1.78. The van der Waals surface area contributed by atoms with Gasteiger partial charge in [0, 0.05) is 43.4 Å². The number of carbonyl (C=O) groups is 2. The van der Waals surface area contributed by atoms with Crippen LogP contribution in [0.2, 0.25) is 0 Å². The van der Waals surface area contributed by atoms with Crippen LogP contribution in [0.4, 0.5) is 5.95 Å². The van der Waals surface area contributed by atoms with Crippen molar-refractivity contribution in [3.8, 4) is 11.3 Å². The topological polar surface area (TPSA) is 101 Å². The number of anilines is 1. The average Bonchev–Trinajstić information content (AvgIpc) is 2.63.